The molecule has 0 saturated carbocycles. The number of nitrogens with zero attached hydrogens (tertiary/aromatic N) is 4. The van der Waals surface area contributed by atoms with Crippen LogP contribution in [0.15, 0.2) is 176 Å². The van der Waals surface area contributed by atoms with E-state index in [1.165, 1.54) is 35.9 Å². The Morgan fingerprint density at radius 1 is 0.635 bits per heavy atom. The zero-order valence-electron chi connectivity index (χ0n) is 49.1. The first-order valence-corrected chi connectivity index (χ1v) is 20.8. The first kappa shape index (κ1) is 27.7. The molecule has 0 aliphatic carbocycles. The second-order valence-corrected chi connectivity index (χ2v) is 17.6. The van der Waals surface area contributed by atoms with Crippen LogP contribution in [0.2, 0.25) is 0 Å². The van der Waals surface area contributed by atoms with Gasteiger partial charge in [-0.3, -0.25) is 13.7 Å². The summed E-state index contributed by atoms with van der Waals surface area (Å²) in [6.07, 6.45) is 3.19. The van der Waals surface area contributed by atoms with Crippen LogP contribution in [0, 0.1) is 6.33 Å². The van der Waals surface area contributed by atoms with Crippen LogP contribution in [0.1, 0.15) is 83.0 Å². The molecular weight excluding hydrogens is 769 g/mol. The molecule has 63 heavy (non-hydrogen) atoms. The average Bonchev–Trinajstić information content (AvgIpc) is 4.01. The molecule has 0 unspecified atom stereocenters. The van der Waals surface area contributed by atoms with Crippen LogP contribution in [-0.4, -0.2) is 14.1 Å². The summed E-state index contributed by atoms with van der Waals surface area (Å²) < 4.78 is 126. The highest BCUT2D eigenvalue weighted by molar-refractivity contribution is 6.09. The summed E-state index contributed by atoms with van der Waals surface area (Å²) in [6, 6.07) is 26.6. The van der Waals surface area contributed by atoms with Gasteiger partial charge in [0.25, 0.3) is 6.33 Å². The van der Waals surface area contributed by atoms with Crippen molar-refractivity contribution in [2.45, 2.75) is 65.7 Å². The van der Waals surface area contributed by atoms with Crippen LogP contribution in [0.3, 0.4) is 0 Å². The molecule has 0 aliphatic rings. The quantitative estimate of drug-likeness (QED) is 0.113. The predicted molar refractivity (Wildman–Crippen MR) is 260 cm³/mol. The lowest BCUT2D eigenvalue weighted by Crippen LogP contribution is -2.31. The summed E-state index contributed by atoms with van der Waals surface area (Å²) in [5.74, 6) is 0.314. The summed E-state index contributed by atoms with van der Waals surface area (Å²) in [5, 5.41) is 0.0803. The minimum Gasteiger partial charge on any atom is -0.458 e. The second-order valence-electron chi connectivity index (χ2n) is 17.6. The fraction of sp³-hybridized carbons (Fsp3) is 0.172. The highest BCUT2D eigenvalue weighted by atomic mass is 16.5. The number of aryl methyl sites for hydroxylation is 1. The molecule has 0 N–H and O–H groups in total. The van der Waals surface area contributed by atoms with Gasteiger partial charge in [-0.25, -0.2) is 4.98 Å². The molecule has 7 aromatic carbocycles. The monoisotopic (exact) mass is 833 g/mol. The average molecular weight is 834 g/mol. The van der Waals surface area contributed by atoms with E-state index in [2.05, 4.69) is 71.1 Å². The maximum atomic E-state index is 9.36. The normalized spacial score (nSPS) is 15.3. The molecule has 0 bridgehead atoms. The number of benzene rings is 7. The number of aromatic nitrogens is 4. The fourth-order valence-electron chi connectivity index (χ4n) is 8.03. The zero-order valence-corrected chi connectivity index (χ0v) is 36.1. The van der Waals surface area contributed by atoms with Crippen molar-refractivity contribution in [2.24, 2.45) is 0 Å². The van der Waals surface area contributed by atoms with Crippen molar-refractivity contribution < 1.29 is 27.1 Å². The molecule has 0 aliphatic heterocycles. The number of pyridine rings is 1. The molecule has 10 rings (SSSR count). The number of rotatable bonds is 8. The smallest absolute Gasteiger partial charge is 0.269 e. The topological polar surface area (TPSA) is 35.9 Å². The maximum absolute atomic E-state index is 9.36. The van der Waals surface area contributed by atoms with Crippen molar-refractivity contribution in [3.05, 3.63) is 199 Å². The van der Waals surface area contributed by atoms with E-state index in [4.69, 9.17) is 17.1 Å². The summed E-state index contributed by atoms with van der Waals surface area (Å²) in [5.41, 5.74) is 6.60. The molecule has 0 spiro atoms. The number of hydrogen-bond donors (Lipinski definition) is 0. The molecular formula is C58H52N4O. The van der Waals surface area contributed by atoms with Crippen molar-refractivity contribution in [3.63, 3.8) is 0 Å². The molecule has 3 heterocycles. The number of hydrogen-bond acceptors (Lipinski definition) is 2. The van der Waals surface area contributed by atoms with Crippen LogP contribution in [0.25, 0.3) is 72.3 Å². The molecule has 5 heteroatoms. The van der Waals surface area contributed by atoms with Crippen molar-refractivity contribution >= 4 is 32.8 Å². The third kappa shape index (κ3) is 7.38. The first-order chi connectivity index (χ1) is 35.7. The van der Waals surface area contributed by atoms with E-state index >= 15 is 0 Å². The van der Waals surface area contributed by atoms with Gasteiger partial charge in [-0.15, -0.1) is 0 Å². The Morgan fingerprint density at radius 3 is 2.10 bits per heavy atom. The molecule has 0 saturated heterocycles. The lowest BCUT2D eigenvalue weighted by Gasteiger charge is -2.27. The Balaban J connectivity index is 1.19. The Kier molecular flexibility index (Phi) is 6.84. The van der Waals surface area contributed by atoms with Crippen LogP contribution in [0.4, 0.5) is 0 Å². The van der Waals surface area contributed by atoms with Crippen molar-refractivity contribution in [1.29, 1.82) is 0 Å². The van der Waals surface area contributed by atoms with E-state index in [-0.39, 0.29) is 85.2 Å². The Bertz CT molecular complexity index is 4010. The highest BCUT2D eigenvalue weighted by Gasteiger charge is 2.25. The van der Waals surface area contributed by atoms with Gasteiger partial charge in [-0.05, 0) is 105 Å². The summed E-state index contributed by atoms with van der Waals surface area (Å²) in [7, 11) is 0. The molecule has 0 atom stereocenters. The summed E-state index contributed by atoms with van der Waals surface area (Å²) in [6.45, 7) is 14.3. The Hall–Kier alpha value is -7.24. The first-order valence-electron chi connectivity index (χ1n) is 27.3. The second kappa shape index (κ2) is 15.6. The third-order valence-electron chi connectivity index (χ3n) is 11.4. The van der Waals surface area contributed by atoms with Gasteiger partial charge in [0.15, 0.2) is 0 Å². The molecule has 3 aromatic heterocycles. The van der Waals surface area contributed by atoms with Gasteiger partial charge in [-0.2, -0.15) is 0 Å². The SMILES string of the molecule is [2H]c1c([2H])c([2H])c(-c2cccc(-c3cc(C(C)(C)C)cc(C(C)(C)C)c3)c2-[n+]2[c-]n(-c3cccc(Oc4cc5c(c([2H])c4[2H])c4c([2H])c([2H])c([2H])c([2H])c4n5-c4cc(C([2H])([2H])C)ccn4)c3)c3ccccc32)c([2H])c1[2H]. The molecule has 0 radical (unpaired) electrons. The van der Waals surface area contributed by atoms with E-state index in [9.17, 15) is 5.48 Å². The van der Waals surface area contributed by atoms with Gasteiger partial charge in [0.1, 0.15) is 17.3 Å². The van der Waals surface area contributed by atoms with E-state index in [1.807, 2.05) is 51.6 Å². The number of imidazole rings is 1. The van der Waals surface area contributed by atoms with Crippen LogP contribution in [-0.2, 0) is 17.2 Å². The Labute approximate surface area is 388 Å². The summed E-state index contributed by atoms with van der Waals surface area (Å²) >= 11 is 0. The van der Waals surface area contributed by atoms with Gasteiger partial charge in [-0.1, -0.05) is 164 Å². The number of ether oxygens (including phenoxy) is 1. The van der Waals surface area contributed by atoms with Crippen LogP contribution < -0.4 is 9.30 Å². The number of para-hydroxylation sites is 4. The maximum Gasteiger partial charge on any atom is 0.269 e. The standard InChI is InChI=1S/C58H52N4O/c1-8-39-30-31-59-55(32-39)62-51-25-13-12-22-49(51)50-29-28-46(37-54(50)62)63-45-21-16-20-44(36-45)60-38-61(53-27-15-14-26-52(53)60)56-47(40-18-10-9-11-19-40)23-17-24-48(56)41-33-42(57(2,3)4)35-43(34-41)58(5,6)7/h9-37H,8H2,1-7H3/i8D2,9D,10D,11D,12D,13D,18D,19D,22D,25D,28D,29D. The molecule has 0 amide bonds. The predicted octanol–water partition coefficient (Wildman–Crippen LogP) is 14.5. The fourth-order valence-corrected chi connectivity index (χ4v) is 8.03. The molecule has 10 aromatic rings. The van der Waals surface area contributed by atoms with E-state index in [0.717, 1.165) is 22.3 Å². The lowest BCUT2D eigenvalue weighted by atomic mass is 9.78. The van der Waals surface area contributed by atoms with Crippen molar-refractivity contribution in [2.75, 3.05) is 0 Å². The highest BCUT2D eigenvalue weighted by Crippen LogP contribution is 2.40. The van der Waals surface area contributed by atoms with E-state index < -0.39 is 48.7 Å². The minimum atomic E-state index is -1.80. The van der Waals surface area contributed by atoms with Gasteiger partial charge in [0.05, 0.1) is 48.5 Å². The van der Waals surface area contributed by atoms with Crippen LogP contribution >= 0.6 is 0 Å². The van der Waals surface area contributed by atoms with Crippen molar-refractivity contribution in [1.82, 2.24) is 14.1 Å². The van der Waals surface area contributed by atoms with Gasteiger partial charge >= 0.3 is 0 Å². The summed E-state index contributed by atoms with van der Waals surface area (Å²) in [4.78, 5) is 4.51. The van der Waals surface area contributed by atoms with Gasteiger partial charge < -0.3 is 4.74 Å². The van der Waals surface area contributed by atoms with Crippen LogP contribution in [0.5, 0.6) is 11.5 Å². The third-order valence-corrected chi connectivity index (χ3v) is 11.4. The minimum absolute atomic E-state index is 0.00513. The number of fused-ring (bicyclic) bond motifs is 4. The van der Waals surface area contributed by atoms with Gasteiger partial charge in [0.2, 0.25) is 0 Å². The molecule has 310 valence electrons. The lowest BCUT2D eigenvalue weighted by molar-refractivity contribution is -0.571. The van der Waals surface area contributed by atoms with Gasteiger partial charge in [0, 0.05) is 25.8 Å². The van der Waals surface area contributed by atoms with E-state index in [1.54, 1.807) is 24.3 Å². The largest absolute Gasteiger partial charge is 0.458 e. The van der Waals surface area contributed by atoms with Crippen molar-refractivity contribution in [3.8, 4) is 50.9 Å². The zero-order chi connectivity index (χ0) is 54.8. The molecule has 0 fully saturated rings. The van der Waals surface area contributed by atoms with E-state index in [0.29, 0.717) is 28.0 Å². The Morgan fingerprint density at radius 2 is 1.33 bits per heavy atom. The molecule has 5 nitrogen and oxygen atoms in total.